The summed E-state index contributed by atoms with van der Waals surface area (Å²) in [4.78, 5) is 18.2. The van der Waals surface area contributed by atoms with Crippen molar-refractivity contribution in [3.63, 3.8) is 0 Å². The predicted molar refractivity (Wildman–Crippen MR) is 103 cm³/mol. The van der Waals surface area contributed by atoms with Gasteiger partial charge < -0.3 is 24.8 Å². The quantitative estimate of drug-likeness (QED) is 0.811. The van der Waals surface area contributed by atoms with Crippen molar-refractivity contribution in [3.8, 4) is 5.75 Å². The summed E-state index contributed by atoms with van der Waals surface area (Å²) in [5, 5.41) is 13.0. The second-order valence-electron chi connectivity index (χ2n) is 7.95. The van der Waals surface area contributed by atoms with Crippen LogP contribution in [0, 0.1) is 5.82 Å². The highest BCUT2D eigenvalue weighted by Crippen LogP contribution is 2.32. The number of ether oxygens (including phenoxy) is 2. The van der Waals surface area contributed by atoms with Crippen LogP contribution in [0.15, 0.2) is 17.6 Å². The number of thiazole rings is 1. The summed E-state index contributed by atoms with van der Waals surface area (Å²) in [7, 11) is 0. The molecular weight excluding hydrogens is 385 g/mol. The molecule has 2 fully saturated rings. The number of nitrogens with one attached hydrogen (secondary N) is 1. The Morgan fingerprint density at radius 3 is 2.89 bits per heavy atom. The number of benzene rings is 1. The van der Waals surface area contributed by atoms with E-state index in [4.69, 9.17) is 9.47 Å². The Labute approximate surface area is 166 Å². The van der Waals surface area contributed by atoms with Crippen molar-refractivity contribution in [1.82, 2.24) is 15.2 Å². The standard InChI is InChI=1S/C19H24FN3O4S/c1-19(2,25)16-4-3-12(9-26-16)22-18(24)23-7-13(8-23)27-15-6-11(20)5-14-17(15)28-10-21-14/h5-6,10,12-13,16,25H,3-4,7-9H2,1-2H3,(H,22,24). The molecule has 1 aromatic carbocycles. The van der Waals surface area contributed by atoms with E-state index in [1.165, 1.54) is 23.5 Å². The number of likely N-dealkylation sites (tertiary alicyclic amines) is 1. The number of rotatable bonds is 4. The van der Waals surface area contributed by atoms with E-state index in [0.717, 1.165) is 11.1 Å². The maximum absolute atomic E-state index is 13.7. The van der Waals surface area contributed by atoms with Crippen LogP contribution < -0.4 is 10.1 Å². The van der Waals surface area contributed by atoms with E-state index in [2.05, 4.69) is 10.3 Å². The smallest absolute Gasteiger partial charge is 0.317 e. The second kappa shape index (κ2) is 7.46. The zero-order valence-electron chi connectivity index (χ0n) is 15.9. The van der Waals surface area contributed by atoms with Gasteiger partial charge in [0, 0.05) is 12.1 Å². The number of urea groups is 1. The van der Waals surface area contributed by atoms with Crippen LogP contribution in [-0.4, -0.2) is 64.6 Å². The van der Waals surface area contributed by atoms with E-state index in [1.807, 2.05) is 0 Å². The number of halogens is 1. The predicted octanol–water partition coefficient (Wildman–Crippen LogP) is 2.53. The highest BCUT2D eigenvalue weighted by Gasteiger charge is 2.36. The average molecular weight is 409 g/mol. The number of aromatic nitrogens is 1. The molecule has 2 aliphatic heterocycles. The van der Waals surface area contributed by atoms with Gasteiger partial charge in [-0.05, 0) is 26.7 Å². The van der Waals surface area contributed by atoms with Gasteiger partial charge in [0.25, 0.3) is 0 Å². The van der Waals surface area contributed by atoms with E-state index in [-0.39, 0.29) is 30.1 Å². The first-order valence-corrected chi connectivity index (χ1v) is 10.3. The van der Waals surface area contributed by atoms with Crippen LogP contribution in [-0.2, 0) is 4.74 Å². The third-order valence-electron chi connectivity index (χ3n) is 5.18. The minimum Gasteiger partial charge on any atom is -0.485 e. The first-order chi connectivity index (χ1) is 13.3. The summed E-state index contributed by atoms with van der Waals surface area (Å²) in [5.41, 5.74) is 1.36. The highest BCUT2D eigenvalue weighted by molar-refractivity contribution is 7.17. The fraction of sp³-hybridized carbons (Fsp3) is 0.579. The minimum absolute atomic E-state index is 0.0638. The summed E-state index contributed by atoms with van der Waals surface area (Å²) in [6, 6.07) is 2.53. The van der Waals surface area contributed by atoms with Gasteiger partial charge in [-0.2, -0.15) is 0 Å². The maximum atomic E-state index is 13.7. The van der Waals surface area contributed by atoms with Crippen LogP contribution >= 0.6 is 11.3 Å². The summed E-state index contributed by atoms with van der Waals surface area (Å²) >= 11 is 1.40. The molecular formula is C19H24FN3O4S. The molecule has 1 aromatic heterocycles. The Bertz CT molecular complexity index is 854. The van der Waals surface area contributed by atoms with Gasteiger partial charge in [0.1, 0.15) is 17.7 Å². The first kappa shape index (κ1) is 19.4. The van der Waals surface area contributed by atoms with Crippen LogP contribution in [0.5, 0.6) is 5.75 Å². The molecule has 0 bridgehead atoms. The SMILES string of the molecule is CC(C)(O)C1CCC(NC(=O)N2CC(Oc3cc(F)cc4ncsc34)C2)CO1. The first-order valence-electron chi connectivity index (χ1n) is 9.38. The van der Waals surface area contributed by atoms with E-state index in [1.54, 1.807) is 24.3 Å². The molecule has 2 amide bonds. The van der Waals surface area contributed by atoms with Gasteiger partial charge in [0.05, 0.1) is 53.2 Å². The Kier molecular flexibility index (Phi) is 5.15. The third kappa shape index (κ3) is 4.06. The van der Waals surface area contributed by atoms with Gasteiger partial charge in [-0.25, -0.2) is 14.2 Å². The fourth-order valence-electron chi connectivity index (χ4n) is 3.54. The molecule has 0 radical (unpaired) electrons. The van der Waals surface area contributed by atoms with Gasteiger partial charge in [0.15, 0.2) is 0 Å². The van der Waals surface area contributed by atoms with Crippen LogP contribution in [0.3, 0.4) is 0 Å². The van der Waals surface area contributed by atoms with E-state index >= 15 is 0 Å². The van der Waals surface area contributed by atoms with Crippen molar-refractivity contribution in [1.29, 1.82) is 0 Å². The van der Waals surface area contributed by atoms with Crippen molar-refractivity contribution in [2.45, 2.75) is 50.5 Å². The molecule has 7 nitrogen and oxygen atoms in total. The number of carbonyl (C=O) groups is 1. The number of amides is 2. The average Bonchev–Trinajstić information content (AvgIpc) is 3.05. The number of nitrogens with zero attached hydrogens (tertiary/aromatic N) is 2. The largest absolute Gasteiger partial charge is 0.485 e. The zero-order valence-corrected chi connectivity index (χ0v) is 16.7. The van der Waals surface area contributed by atoms with Crippen molar-refractivity contribution in [2.24, 2.45) is 0 Å². The van der Waals surface area contributed by atoms with Gasteiger partial charge in [-0.1, -0.05) is 0 Å². The lowest BCUT2D eigenvalue weighted by Crippen LogP contribution is -2.61. The molecule has 152 valence electrons. The molecule has 2 atom stereocenters. The second-order valence-corrected chi connectivity index (χ2v) is 8.80. The third-order valence-corrected chi connectivity index (χ3v) is 6.04. The zero-order chi connectivity index (χ0) is 19.9. The Balaban J connectivity index is 1.25. The van der Waals surface area contributed by atoms with Gasteiger partial charge in [-0.3, -0.25) is 0 Å². The lowest BCUT2D eigenvalue weighted by molar-refractivity contribution is -0.114. The summed E-state index contributed by atoms with van der Waals surface area (Å²) < 4.78 is 26.1. The molecule has 2 N–H and O–H groups in total. The number of aliphatic hydroxyl groups is 1. The molecule has 0 saturated carbocycles. The normalized spacial score (nSPS) is 23.5. The number of hydrogen-bond donors (Lipinski definition) is 2. The van der Waals surface area contributed by atoms with Gasteiger partial charge in [0.2, 0.25) is 0 Å². The summed E-state index contributed by atoms with van der Waals surface area (Å²) in [6.45, 7) is 4.75. The van der Waals surface area contributed by atoms with E-state index < -0.39 is 5.60 Å². The van der Waals surface area contributed by atoms with Crippen molar-refractivity contribution < 1.29 is 23.8 Å². The molecule has 0 aliphatic carbocycles. The maximum Gasteiger partial charge on any atom is 0.317 e. The lowest BCUT2D eigenvalue weighted by atomic mass is 9.93. The molecule has 28 heavy (non-hydrogen) atoms. The van der Waals surface area contributed by atoms with Crippen LogP contribution in [0.4, 0.5) is 9.18 Å². The lowest BCUT2D eigenvalue weighted by Gasteiger charge is -2.41. The number of fused-ring (bicyclic) bond motifs is 1. The van der Waals surface area contributed by atoms with Gasteiger partial charge >= 0.3 is 6.03 Å². The van der Waals surface area contributed by atoms with Crippen molar-refractivity contribution in [3.05, 3.63) is 23.5 Å². The molecule has 4 rings (SSSR count). The Morgan fingerprint density at radius 2 is 2.21 bits per heavy atom. The highest BCUT2D eigenvalue weighted by atomic mass is 32.1. The molecule has 2 aliphatic rings. The fourth-order valence-corrected chi connectivity index (χ4v) is 4.27. The Hall–Kier alpha value is -1.97. The minimum atomic E-state index is -0.878. The van der Waals surface area contributed by atoms with Gasteiger partial charge in [-0.15, -0.1) is 11.3 Å². The topological polar surface area (TPSA) is 83.9 Å². The number of hydrogen-bond acceptors (Lipinski definition) is 6. The molecule has 0 spiro atoms. The summed E-state index contributed by atoms with van der Waals surface area (Å²) in [5.74, 6) is 0.0879. The van der Waals surface area contributed by atoms with Crippen molar-refractivity contribution in [2.75, 3.05) is 19.7 Å². The molecule has 2 saturated heterocycles. The van der Waals surface area contributed by atoms with Crippen LogP contribution in [0.25, 0.3) is 10.2 Å². The van der Waals surface area contributed by atoms with Crippen LogP contribution in [0.2, 0.25) is 0 Å². The number of carbonyl (C=O) groups excluding carboxylic acids is 1. The van der Waals surface area contributed by atoms with E-state index in [9.17, 15) is 14.3 Å². The molecule has 3 heterocycles. The monoisotopic (exact) mass is 409 g/mol. The molecule has 9 heteroatoms. The molecule has 2 aromatic rings. The Morgan fingerprint density at radius 1 is 1.43 bits per heavy atom. The summed E-state index contributed by atoms with van der Waals surface area (Å²) in [6.07, 6.45) is 1.09. The molecule has 2 unspecified atom stereocenters. The van der Waals surface area contributed by atoms with E-state index in [0.29, 0.717) is 37.4 Å². The van der Waals surface area contributed by atoms with Crippen LogP contribution in [0.1, 0.15) is 26.7 Å². The van der Waals surface area contributed by atoms with Crippen molar-refractivity contribution >= 4 is 27.6 Å².